The van der Waals surface area contributed by atoms with Crippen LogP contribution >= 0.6 is 11.6 Å². The first-order valence-corrected chi connectivity index (χ1v) is 8.35. The maximum Gasteiger partial charge on any atom is 0.316 e. The number of esters is 1. The quantitative estimate of drug-likeness (QED) is 0.515. The van der Waals surface area contributed by atoms with Crippen molar-refractivity contribution in [2.24, 2.45) is 5.41 Å². The van der Waals surface area contributed by atoms with Crippen LogP contribution < -0.4 is 10.3 Å². The molecule has 5 nitrogen and oxygen atoms in total. The number of aromatic amines is 1. The second-order valence-corrected chi connectivity index (χ2v) is 7.32. The Morgan fingerprint density at radius 3 is 2.48 bits per heavy atom. The predicted molar refractivity (Wildman–Crippen MR) is 97.8 cm³/mol. The van der Waals surface area contributed by atoms with Gasteiger partial charge in [0.25, 0.3) is 5.56 Å². The van der Waals surface area contributed by atoms with Crippen molar-refractivity contribution in [1.82, 2.24) is 9.97 Å². The topological polar surface area (TPSA) is 72.1 Å². The summed E-state index contributed by atoms with van der Waals surface area (Å²) in [5.41, 5.74) is -2.23. The molecule has 0 aliphatic carbocycles. The van der Waals surface area contributed by atoms with Crippen molar-refractivity contribution < 1.29 is 18.3 Å². The van der Waals surface area contributed by atoms with E-state index in [4.69, 9.17) is 16.3 Å². The van der Waals surface area contributed by atoms with Crippen LogP contribution in [0.4, 0.5) is 8.78 Å². The SMILES string of the molecule is CC(C)(C)C(=O)Oc1c(-c2c(F)ccc(F)c2Cl)c(=O)[nH]c2ccncc12. The van der Waals surface area contributed by atoms with Gasteiger partial charge in [-0.05, 0) is 39.0 Å². The van der Waals surface area contributed by atoms with E-state index in [1.807, 2.05) is 0 Å². The van der Waals surface area contributed by atoms with Crippen molar-refractivity contribution in [2.75, 3.05) is 0 Å². The van der Waals surface area contributed by atoms with Gasteiger partial charge in [0.2, 0.25) is 0 Å². The zero-order valence-electron chi connectivity index (χ0n) is 14.7. The molecule has 8 heteroatoms. The number of halogens is 3. The largest absolute Gasteiger partial charge is 0.424 e. The van der Waals surface area contributed by atoms with Gasteiger partial charge in [-0.15, -0.1) is 0 Å². The summed E-state index contributed by atoms with van der Waals surface area (Å²) in [5, 5.41) is -0.332. The molecule has 0 aliphatic heterocycles. The first-order chi connectivity index (χ1) is 12.6. The van der Waals surface area contributed by atoms with Crippen LogP contribution in [0.15, 0.2) is 35.4 Å². The standard InChI is InChI=1S/C19H15ClF2N2O3/c1-19(2,3)18(26)27-16-9-8-23-7-6-12(9)24-17(25)14(16)13-10(21)4-5-11(22)15(13)20/h4-8H,1-3H3,(H,24,25). The average Bonchev–Trinajstić information content (AvgIpc) is 2.59. The fourth-order valence-corrected chi connectivity index (χ4v) is 2.69. The molecule has 0 aliphatic rings. The minimum atomic E-state index is -0.928. The van der Waals surface area contributed by atoms with Gasteiger partial charge >= 0.3 is 5.97 Å². The molecule has 1 N–H and O–H groups in total. The lowest BCUT2D eigenvalue weighted by Gasteiger charge is -2.19. The van der Waals surface area contributed by atoms with Crippen molar-refractivity contribution in [1.29, 1.82) is 0 Å². The van der Waals surface area contributed by atoms with E-state index in [0.29, 0.717) is 5.52 Å². The van der Waals surface area contributed by atoms with Crippen LogP contribution in [0.5, 0.6) is 5.75 Å². The number of carbonyl (C=O) groups excluding carboxylic acids is 1. The number of nitrogens with one attached hydrogen (secondary N) is 1. The minimum absolute atomic E-state index is 0.229. The fraction of sp³-hybridized carbons (Fsp3) is 0.211. The molecule has 1 aromatic carbocycles. The van der Waals surface area contributed by atoms with Crippen LogP contribution in [0.3, 0.4) is 0 Å². The van der Waals surface area contributed by atoms with E-state index in [0.717, 1.165) is 12.1 Å². The number of carbonyl (C=O) groups is 1. The lowest BCUT2D eigenvalue weighted by atomic mass is 9.97. The van der Waals surface area contributed by atoms with E-state index >= 15 is 0 Å². The van der Waals surface area contributed by atoms with Gasteiger partial charge in [-0.3, -0.25) is 14.6 Å². The summed E-state index contributed by atoms with van der Waals surface area (Å²) in [6, 6.07) is 3.19. The second-order valence-electron chi connectivity index (χ2n) is 6.94. The van der Waals surface area contributed by atoms with Gasteiger partial charge in [-0.25, -0.2) is 8.78 Å². The van der Waals surface area contributed by atoms with Gasteiger partial charge in [0.1, 0.15) is 11.6 Å². The molecular weight excluding hydrogens is 378 g/mol. The van der Waals surface area contributed by atoms with E-state index < -0.39 is 39.2 Å². The lowest BCUT2D eigenvalue weighted by Crippen LogP contribution is -2.27. The van der Waals surface area contributed by atoms with Gasteiger partial charge in [0.15, 0.2) is 5.75 Å². The van der Waals surface area contributed by atoms with Gasteiger partial charge < -0.3 is 9.72 Å². The Balaban J connectivity index is 2.42. The van der Waals surface area contributed by atoms with Crippen molar-refractivity contribution in [2.45, 2.75) is 20.8 Å². The first-order valence-electron chi connectivity index (χ1n) is 7.97. The van der Waals surface area contributed by atoms with Crippen LogP contribution in [0.2, 0.25) is 5.02 Å². The van der Waals surface area contributed by atoms with Gasteiger partial charge in [-0.1, -0.05) is 11.6 Å². The Bertz CT molecular complexity index is 1120. The number of rotatable bonds is 2. The Labute approximate surface area is 158 Å². The van der Waals surface area contributed by atoms with E-state index in [2.05, 4.69) is 9.97 Å². The van der Waals surface area contributed by atoms with E-state index in [-0.39, 0.29) is 16.7 Å². The Morgan fingerprint density at radius 1 is 1.15 bits per heavy atom. The molecule has 2 aromatic heterocycles. The lowest BCUT2D eigenvalue weighted by molar-refractivity contribution is -0.142. The third-order valence-corrected chi connectivity index (χ3v) is 4.24. The number of pyridine rings is 2. The normalized spacial score (nSPS) is 11.6. The molecule has 0 bridgehead atoms. The maximum absolute atomic E-state index is 14.5. The van der Waals surface area contributed by atoms with E-state index in [1.165, 1.54) is 18.5 Å². The van der Waals surface area contributed by atoms with Gasteiger partial charge in [0, 0.05) is 18.0 Å². The number of aromatic nitrogens is 2. The third-order valence-electron chi connectivity index (χ3n) is 3.87. The van der Waals surface area contributed by atoms with Crippen LogP contribution in [-0.4, -0.2) is 15.9 Å². The molecule has 0 unspecified atom stereocenters. The second kappa shape index (κ2) is 6.74. The van der Waals surface area contributed by atoms with Crippen LogP contribution in [0.1, 0.15) is 20.8 Å². The molecule has 27 heavy (non-hydrogen) atoms. The summed E-state index contributed by atoms with van der Waals surface area (Å²) < 4.78 is 33.9. The zero-order chi connectivity index (χ0) is 19.9. The van der Waals surface area contributed by atoms with E-state index in [9.17, 15) is 18.4 Å². The number of hydrogen-bond acceptors (Lipinski definition) is 4. The Hall–Kier alpha value is -2.80. The third kappa shape index (κ3) is 3.42. The van der Waals surface area contributed by atoms with Crippen molar-refractivity contribution in [3.63, 3.8) is 0 Å². The minimum Gasteiger partial charge on any atom is -0.424 e. The predicted octanol–water partition coefficient (Wildman–Crippen LogP) is 4.47. The summed E-state index contributed by atoms with van der Waals surface area (Å²) in [4.78, 5) is 31.6. The maximum atomic E-state index is 14.5. The molecule has 0 saturated carbocycles. The highest BCUT2D eigenvalue weighted by Crippen LogP contribution is 2.39. The number of benzene rings is 1. The summed E-state index contributed by atoms with van der Waals surface area (Å²) in [6.07, 6.45) is 2.79. The van der Waals surface area contributed by atoms with Crippen LogP contribution in [-0.2, 0) is 4.79 Å². The van der Waals surface area contributed by atoms with Crippen molar-refractivity contribution in [3.05, 3.63) is 57.6 Å². The van der Waals surface area contributed by atoms with E-state index in [1.54, 1.807) is 20.8 Å². The number of ether oxygens (including phenoxy) is 1. The smallest absolute Gasteiger partial charge is 0.316 e. The average molecular weight is 393 g/mol. The molecular formula is C19H15ClF2N2O3. The van der Waals surface area contributed by atoms with Gasteiger partial charge in [0.05, 0.1) is 26.9 Å². The van der Waals surface area contributed by atoms with Crippen molar-refractivity contribution in [3.8, 4) is 16.9 Å². The molecule has 0 atom stereocenters. The Morgan fingerprint density at radius 2 is 1.81 bits per heavy atom. The summed E-state index contributed by atoms with van der Waals surface area (Å²) in [5.74, 6) is -2.73. The molecule has 0 amide bonds. The van der Waals surface area contributed by atoms with Crippen molar-refractivity contribution >= 4 is 28.5 Å². The van der Waals surface area contributed by atoms with Crippen LogP contribution in [0.25, 0.3) is 22.0 Å². The fourth-order valence-electron chi connectivity index (χ4n) is 2.44. The molecule has 2 heterocycles. The van der Waals surface area contributed by atoms with Gasteiger partial charge in [-0.2, -0.15) is 0 Å². The number of hydrogen-bond donors (Lipinski definition) is 1. The summed E-state index contributed by atoms with van der Waals surface area (Å²) in [6.45, 7) is 4.87. The molecule has 0 radical (unpaired) electrons. The molecule has 0 saturated heterocycles. The molecule has 0 spiro atoms. The number of fused-ring (bicyclic) bond motifs is 1. The summed E-state index contributed by atoms with van der Waals surface area (Å²) in [7, 11) is 0. The summed E-state index contributed by atoms with van der Waals surface area (Å²) >= 11 is 5.93. The molecule has 3 rings (SSSR count). The zero-order valence-corrected chi connectivity index (χ0v) is 15.4. The number of H-pyrrole nitrogens is 1. The highest BCUT2D eigenvalue weighted by Gasteiger charge is 2.29. The number of nitrogens with zero attached hydrogens (tertiary/aromatic N) is 1. The monoisotopic (exact) mass is 392 g/mol. The molecule has 3 aromatic rings. The molecule has 0 fully saturated rings. The Kier molecular flexibility index (Phi) is 4.73. The first kappa shape index (κ1) is 19.0. The highest BCUT2D eigenvalue weighted by molar-refractivity contribution is 6.33. The highest BCUT2D eigenvalue weighted by atomic mass is 35.5. The molecule has 140 valence electrons. The van der Waals surface area contributed by atoms with Crippen LogP contribution in [0, 0.1) is 17.0 Å².